The van der Waals surface area contributed by atoms with E-state index in [1.807, 2.05) is 18.2 Å². The Morgan fingerprint density at radius 3 is 2.57 bits per heavy atom. The van der Waals surface area contributed by atoms with Crippen LogP contribution in [0.15, 0.2) is 30.5 Å². The molecule has 0 spiro atoms. The van der Waals surface area contributed by atoms with Gasteiger partial charge in [0.2, 0.25) is 0 Å². The lowest BCUT2D eigenvalue weighted by Crippen LogP contribution is -2.39. The number of aromatic nitrogens is 3. The number of ether oxygens (including phenoxy) is 1. The van der Waals surface area contributed by atoms with Gasteiger partial charge in [0.1, 0.15) is 11.3 Å². The van der Waals surface area contributed by atoms with E-state index in [9.17, 15) is 4.79 Å². The highest BCUT2D eigenvalue weighted by Crippen LogP contribution is 2.34. The summed E-state index contributed by atoms with van der Waals surface area (Å²) in [4.78, 5) is 21.9. The van der Waals surface area contributed by atoms with Crippen molar-refractivity contribution in [1.82, 2.24) is 19.7 Å². The molecular formula is C19H26ClN5O2S. The Kier molecular flexibility index (Phi) is 7.79. The van der Waals surface area contributed by atoms with Gasteiger partial charge in [0, 0.05) is 26.3 Å². The SMILES string of the molecule is CCN(CC)CCN(C(=O)c1ccn(C)n1)c1nc2c(OC)cccc2s1.Cl. The van der Waals surface area contributed by atoms with Crippen LogP contribution in [-0.4, -0.2) is 58.9 Å². The molecule has 0 aliphatic rings. The first-order chi connectivity index (χ1) is 13.1. The number of fused-ring (bicyclic) bond motifs is 1. The first kappa shape index (κ1) is 22.1. The molecule has 7 nitrogen and oxygen atoms in total. The number of methoxy groups -OCH3 is 1. The smallest absolute Gasteiger partial charge is 0.280 e. The molecule has 0 fully saturated rings. The van der Waals surface area contributed by atoms with Gasteiger partial charge in [-0.05, 0) is 31.3 Å². The van der Waals surface area contributed by atoms with Crippen molar-refractivity contribution in [2.24, 2.45) is 7.05 Å². The minimum absolute atomic E-state index is 0. The lowest BCUT2D eigenvalue weighted by atomic mass is 10.3. The van der Waals surface area contributed by atoms with E-state index in [4.69, 9.17) is 9.72 Å². The average Bonchev–Trinajstić information content (AvgIpc) is 3.30. The topological polar surface area (TPSA) is 63.5 Å². The molecule has 0 unspecified atom stereocenters. The quantitative estimate of drug-likeness (QED) is 0.555. The molecule has 0 saturated heterocycles. The van der Waals surface area contributed by atoms with E-state index >= 15 is 0 Å². The number of likely N-dealkylation sites (N-methyl/N-ethyl adjacent to an activating group) is 1. The standard InChI is InChI=1S/C19H25N5O2S.ClH/c1-5-23(6-2)12-13-24(18(25)14-10-11-22(3)21-14)19-20-17-15(26-4)8-7-9-16(17)27-19;/h7-11H,5-6,12-13H2,1-4H3;1H. The molecule has 0 N–H and O–H groups in total. The van der Waals surface area contributed by atoms with E-state index in [0.29, 0.717) is 23.1 Å². The van der Waals surface area contributed by atoms with Crippen molar-refractivity contribution in [2.75, 3.05) is 38.2 Å². The van der Waals surface area contributed by atoms with Crippen molar-refractivity contribution in [2.45, 2.75) is 13.8 Å². The molecule has 1 aromatic carbocycles. The molecule has 0 aliphatic heterocycles. The number of benzene rings is 1. The molecule has 3 aromatic rings. The summed E-state index contributed by atoms with van der Waals surface area (Å²) < 4.78 is 8.05. The fourth-order valence-electron chi connectivity index (χ4n) is 2.92. The third-order valence-corrected chi connectivity index (χ3v) is 5.58. The van der Waals surface area contributed by atoms with Gasteiger partial charge in [0.15, 0.2) is 10.8 Å². The van der Waals surface area contributed by atoms with Gasteiger partial charge in [-0.25, -0.2) is 4.98 Å². The van der Waals surface area contributed by atoms with Crippen LogP contribution in [0.2, 0.25) is 0 Å². The number of para-hydroxylation sites is 1. The highest BCUT2D eigenvalue weighted by Gasteiger charge is 2.24. The van der Waals surface area contributed by atoms with Crippen LogP contribution >= 0.6 is 23.7 Å². The third kappa shape index (κ3) is 4.63. The normalized spacial score (nSPS) is 10.9. The molecule has 0 saturated carbocycles. The number of carbonyl (C=O) groups is 1. The third-order valence-electron chi connectivity index (χ3n) is 4.53. The summed E-state index contributed by atoms with van der Waals surface area (Å²) in [5.41, 5.74) is 1.20. The minimum Gasteiger partial charge on any atom is -0.494 e. The summed E-state index contributed by atoms with van der Waals surface area (Å²) >= 11 is 1.49. The number of nitrogens with zero attached hydrogens (tertiary/aromatic N) is 5. The number of aryl methyl sites for hydroxylation is 1. The molecule has 0 aliphatic carbocycles. The number of anilines is 1. The number of amides is 1. The van der Waals surface area contributed by atoms with Crippen molar-refractivity contribution >= 4 is 45.0 Å². The monoisotopic (exact) mass is 423 g/mol. The Labute approximate surface area is 175 Å². The molecule has 9 heteroatoms. The van der Waals surface area contributed by atoms with Crippen LogP contribution < -0.4 is 9.64 Å². The van der Waals surface area contributed by atoms with E-state index in [1.165, 1.54) is 11.3 Å². The number of thiazole rings is 1. The number of hydrogen-bond acceptors (Lipinski definition) is 6. The molecule has 3 rings (SSSR count). The van der Waals surface area contributed by atoms with Crippen molar-refractivity contribution in [3.05, 3.63) is 36.2 Å². The number of halogens is 1. The van der Waals surface area contributed by atoms with E-state index in [0.717, 1.165) is 29.9 Å². The second-order valence-electron chi connectivity index (χ2n) is 6.16. The van der Waals surface area contributed by atoms with E-state index in [2.05, 4.69) is 23.8 Å². The second-order valence-corrected chi connectivity index (χ2v) is 7.17. The van der Waals surface area contributed by atoms with Crippen molar-refractivity contribution in [1.29, 1.82) is 0 Å². The van der Waals surface area contributed by atoms with Crippen LogP contribution in [0.3, 0.4) is 0 Å². The molecule has 28 heavy (non-hydrogen) atoms. The lowest BCUT2D eigenvalue weighted by molar-refractivity contribution is 0.0978. The van der Waals surface area contributed by atoms with Crippen LogP contribution in [0, 0.1) is 0 Å². The predicted molar refractivity (Wildman–Crippen MR) is 116 cm³/mol. The van der Waals surface area contributed by atoms with Crippen molar-refractivity contribution < 1.29 is 9.53 Å². The molecule has 2 heterocycles. The maximum absolute atomic E-state index is 13.1. The summed E-state index contributed by atoms with van der Waals surface area (Å²) in [7, 11) is 3.44. The first-order valence-corrected chi connectivity index (χ1v) is 9.86. The van der Waals surface area contributed by atoms with Gasteiger partial charge >= 0.3 is 0 Å². The fourth-order valence-corrected chi connectivity index (χ4v) is 3.93. The molecule has 0 bridgehead atoms. The highest BCUT2D eigenvalue weighted by atomic mass is 35.5. The Morgan fingerprint density at radius 2 is 1.96 bits per heavy atom. The highest BCUT2D eigenvalue weighted by molar-refractivity contribution is 7.22. The van der Waals surface area contributed by atoms with E-state index < -0.39 is 0 Å². The largest absolute Gasteiger partial charge is 0.494 e. The van der Waals surface area contributed by atoms with Gasteiger partial charge in [0.25, 0.3) is 5.91 Å². The summed E-state index contributed by atoms with van der Waals surface area (Å²) in [6, 6.07) is 7.55. The summed E-state index contributed by atoms with van der Waals surface area (Å²) in [5.74, 6) is 0.574. The number of carbonyl (C=O) groups excluding carboxylic acids is 1. The predicted octanol–water partition coefficient (Wildman–Crippen LogP) is 3.45. The Bertz CT molecular complexity index is 922. The molecule has 0 atom stereocenters. The van der Waals surface area contributed by atoms with Gasteiger partial charge in [-0.2, -0.15) is 5.10 Å². The zero-order valence-electron chi connectivity index (χ0n) is 16.6. The maximum Gasteiger partial charge on any atom is 0.280 e. The average molecular weight is 424 g/mol. The Balaban J connectivity index is 0.00000280. The first-order valence-electron chi connectivity index (χ1n) is 9.04. The zero-order valence-corrected chi connectivity index (χ0v) is 18.2. The number of hydrogen-bond donors (Lipinski definition) is 0. The fraction of sp³-hybridized carbons (Fsp3) is 0.421. The van der Waals surface area contributed by atoms with Gasteiger partial charge in [0.05, 0.1) is 11.8 Å². The van der Waals surface area contributed by atoms with Crippen LogP contribution in [0.4, 0.5) is 5.13 Å². The second kappa shape index (κ2) is 9.86. The van der Waals surface area contributed by atoms with Gasteiger partial charge in [-0.1, -0.05) is 31.3 Å². The Morgan fingerprint density at radius 1 is 1.21 bits per heavy atom. The molecule has 2 aromatic heterocycles. The van der Waals surface area contributed by atoms with Crippen LogP contribution in [0.1, 0.15) is 24.3 Å². The molecular weight excluding hydrogens is 398 g/mol. The maximum atomic E-state index is 13.1. The zero-order chi connectivity index (χ0) is 19.4. The summed E-state index contributed by atoms with van der Waals surface area (Å²) in [5, 5.41) is 4.94. The van der Waals surface area contributed by atoms with Crippen molar-refractivity contribution in [3.8, 4) is 5.75 Å². The van der Waals surface area contributed by atoms with Crippen LogP contribution in [0.25, 0.3) is 10.2 Å². The minimum atomic E-state index is -0.138. The van der Waals surface area contributed by atoms with E-state index in [1.54, 1.807) is 36.0 Å². The van der Waals surface area contributed by atoms with Crippen molar-refractivity contribution in [3.63, 3.8) is 0 Å². The molecule has 152 valence electrons. The molecule has 1 amide bonds. The van der Waals surface area contributed by atoms with Gasteiger partial charge in [-0.3, -0.25) is 14.4 Å². The van der Waals surface area contributed by atoms with Gasteiger partial charge < -0.3 is 9.64 Å². The number of rotatable bonds is 8. The lowest BCUT2D eigenvalue weighted by Gasteiger charge is -2.24. The van der Waals surface area contributed by atoms with Crippen LogP contribution in [-0.2, 0) is 7.05 Å². The molecule has 0 radical (unpaired) electrons. The van der Waals surface area contributed by atoms with Gasteiger partial charge in [-0.15, -0.1) is 12.4 Å². The summed E-state index contributed by atoms with van der Waals surface area (Å²) in [6.45, 7) is 7.46. The Hall–Kier alpha value is -2.16. The van der Waals surface area contributed by atoms with E-state index in [-0.39, 0.29) is 18.3 Å². The van der Waals surface area contributed by atoms with Crippen LogP contribution in [0.5, 0.6) is 5.75 Å². The summed E-state index contributed by atoms with van der Waals surface area (Å²) in [6.07, 6.45) is 1.77.